The molecule has 2 aromatic heterocycles. The molecule has 0 aliphatic rings. The summed E-state index contributed by atoms with van der Waals surface area (Å²) < 4.78 is 6.27. The number of hydrogen-bond acceptors (Lipinski definition) is 3. The molecule has 1 unspecified atom stereocenters. The minimum atomic E-state index is 0.275. The van der Waals surface area contributed by atoms with Crippen molar-refractivity contribution in [2.45, 2.75) is 19.4 Å². The molecule has 3 nitrogen and oxygen atoms in total. The second-order valence-corrected chi connectivity index (χ2v) is 4.52. The van der Waals surface area contributed by atoms with E-state index in [2.05, 4.69) is 33.2 Å². The third kappa shape index (κ3) is 2.85. The molecule has 0 bridgehead atoms. The summed E-state index contributed by atoms with van der Waals surface area (Å²) >= 11 is 3.45. The highest BCUT2D eigenvalue weighted by Crippen LogP contribution is 2.19. The molecule has 1 atom stereocenters. The Kier molecular flexibility index (Phi) is 3.62. The van der Waals surface area contributed by atoms with E-state index in [1.54, 1.807) is 12.5 Å². The summed E-state index contributed by atoms with van der Waals surface area (Å²) in [6.45, 7) is 2.10. The van der Waals surface area contributed by atoms with E-state index in [1.807, 2.05) is 24.3 Å². The quantitative estimate of drug-likeness (QED) is 0.932. The average Bonchev–Trinajstić information content (AvgIpc) is 2.74. The van der Waals surface area contributed by atoms with Gasteiger partial charge in [-0.15, -0.1) is 0 Å². The maximum absolute atomic E-state index is 5.30. The monoisotopic (exact) mass is 280 g/mol. The van der Waals surface area contributed by atoms with Crippen LogP contribution in [-0.2, 0) is 6.42 Å². The van der Waals surface area contributed by atoms with E-state index in [0.717, 1.165) is 22.5 Å². The molecule has 2 heterocycles. The van der Waals surface area contributed by atoms with Crippen LogP contribution in [0.15, 0.2) is 45.6 Å². The summed E-state index contributed by atoms with van der Waals surface area (Å²) in [5.41, 5.74) is 0. The van der Waals surface area contributed by atoms with Gasteiger partial charge in [0.05, 0.1) is 10.7 Å². The molecule has 84 valence electrons. The molecule has 2 aromatic rings. The fraction of sp³-hybridized carbons (Fsp3) is 0.250. The molecule has 0 radical (unpaired) electrons. The van der Waals surface area contributed by atoms with E-state index in [0.29, 0.717) is 0 Å². The molecule has 0 amide bonds. The molecular formula is C12H13BrN2O. The highest BCUT2D eigenvalue weighted by molar-refractivity contribution is 9.10. The van der Waals surface area contributed by atoms with Crippen LogP contribution in [0.1, 0.15) is 12.7 Å². The number of pyridine rings is 1. The number of nitrogens with one attached hydrogen (secondary N) is 1. The van der Waals surface area contributed by atoms with E-state index < -0.39 is 0 Å². The standard InChI is InChI=1S/C12H13BrN2O/c1-9(8-10-4-3-7-16-10)15-12-11(13)5-2-6-14-12/h2-7,9H,8H2,1H3,(H,14,15). The number of nitrogens with zero attached hydrogens (tertiary/aromatic N) is 1. The fourth-order valence-corrected chi connectivity index (χ4v) is 1.88. The minimum Gasteiger partial charge on any atom is -0.469 e. The first-order chi connectivity index (χ1) is 7.75. The number of aromatic nitrogens is 1. The molecule has 0 aliphatic carbocycles. The van der Waals surface area contributed by atoms with Crippen molar-refractivity contribution in [3.05, 3.63) is 47.0 Å². The molecule has 16 heavy (non-hydrogen) atoms. The Hall–Kier alpha value is -1.29. The lowest BCUT2D eigenvalue weighted by atomic mass is 10.2. The molecule has 0 fully saturated rings. The molecule has 4 heteroatoms. The summed E-state index contributed by atoms with van der Waals surface area (Å²) in [4.78, 5) is 4.26. The van der Waals surface area contributed by atoms with Crippen LogP contribution in [0.5, 0.6) is 0 Å². The molecule has 0 saturated carbocycles. The van der Waals surface area contributed by atoms with Crippen molar-refractivity contribution in [1.29, 1.82) is 0 Å². The molecular weight excluding hydrogens is 268 g/mol. The van der Waals surface area contributed by atoms with Gasteiger partial charge < -0.3 is 9.73 Å². The van der Waals surface area contributed by atoms with Crippen molar-refractivity contribution >= 4 is 21.7 Å². The largest absolute Gasteiger partial charge is 0.469 e. The van der Waals surface area contributed by atoms with Crippen molar-refractivity contribution in [1.82, 2.24) is 4.98 Å². The summed E-state index contributed by atoms with van der Waals surface area (Å²) in [7, 11) is 0. The van der Waals surface area contributed by atoms with Crippen LogP contribution in [0.25, 0.3) is 0 Å². The molecule has 0 spiro atoms. The zero-order valence-corrected chi connectivity index (χ0v) is 10.6. The molecule has 2 rings (SSSR count). The van der Waals surface area contributed by atoms with Gasteiger partial charge in [-0.2, -0.15) is 0 Å². The van der Waals surface area contributed by atoms with Crippen LogP contribution in [0.4, 0.5) is 5.82 Å². The van der Waals surface area contributed by atoms with Gasteiger partial charge in [0.15, 0.2) is 0 Å². The highest BCUT2D eigenvalue weighted by atomic mass is 79.9. The lowest BCUT2D eigenvalue weighted by Crippen LogP contribution is -2.18. The van der Waals surface area contributed by atoms with Gasteiger partial charge in [0.1, 0.15) is 11.6 Å². The number of furan rings is 1. The van der Waals surface area contributed by atoms with Crippen LogP contribution in [0.2, 0.25) is 0 Å². The van der Waals surface area contributed by atoms with Gasteiger partial charge in [-0.05, 0) is 47.1 Å². The number of rotatable bonds is 4. The summed E-state index contributed by atoms with van der Waals surface area (Å²) in [6.07, 6.45) is 4.31. The van der Waals surface area contributed by atoms with E-state index in [4.69, 9.17) is 4.42 Å². The van der Waals surface area contributed by atoms with E-state index in [9.17, 15) is 0 Å². The predicted molar refractivity (Wildman–Crippen MR) is 67.4 cm³/mol. The van der Waals surface area contributed by atoms with Gasteiger partial charge in [-0.1, -0.05) is 0 Å². The Balaban J connectivity index is 1.97. The van der Waals surface area contributed by atoms with Crippen molar-refractivity contribution < 1.29 is 4.42 Å². The molecule has 0 aromatic carbocycles. The number of hydrogen-bond donors (Lipinski definition) is 1. The van der Waals surface area contributed by atoms with Crippen LogP contribution in [0.3, 0.4) is 0 Å². The fourth-order valence-electron chi connectivity index (χ4n) is 1.51. The maximum Gasteiger partial charge on any atom is 0.140 e. The molecule has 1 N–H and O–H groups in total. The first kappa shape index (κ1) is 11.2. The Labute approximate surface area is 103 Å². The second kappa shape index (κ2) is 5.16. The van der Waals surface area contributed by atoms with Gasteiger partial charge in [0.25, 0.3) is 0 Å². The normalized spacial score (nSPS) is 12.4. The van der Waals surface area contributed by atoms with E-state index in [1.165, 1.54) is 0 Å². The zero-order valence-electron chi connectivity index (χ0n) is 8.98. The lowest BCUT2D eigenvalue weighted by molar-refractivity contribution is 0.497. The van der Waals surface area contributed by atoms with Gasteiger partial charge in [-0.3, -0.25) is 0 Å². The molecule has 0 aliphatic heterocycles. The third-order valence-electron chi connectivity index (χ3n) is 2.23. The predicted octanol–water partition coefficient (Wildman–Crippen LogP) is 3.48. The number of anilines is 1. The first-order valence-electron chi connectivity index (χ1n) is 5.15. The van der Waals surface area contributed by atoms with Crippen LogP contribution in [-0.4, -0.2) is 11.0 Å². The van der Waals surface area contributed by atoms with Gasteiger partial charge in [0, 0.05) is 18.7 Å². The lowest BCUT2D eigenvalue weighted by Gasteiger charge is -2.13. The van der Waals surface area contributed by atoms with Crippen LogP contribution < -0.4 is 5.32 Å². The van der Waals surface area contributed by atoms with Crippen LogP contribution >= 0.6 is 15.9 Å². The third-order valence-corrected chi connectivity index (χ3v) is 2.87. The Morgan fingerprint density at radius 2 is 2.31 bits per heavy atom. The summed E-state index contributed by atoms with van der Waals surface area (Å²) in [5, 5.41) is 3.33. The van der Waals surface area contributed by atoms with Crippen molar-refractivity contribution in [2.24, 2.45) is 0 Å². The SMILES string of the molecule is CC(Cc1ccco1)Nc1ncccc1Br. The van der Waals surface area contributed by atoms with Crippen LogP contribution in [0, 0.1) is 0 Å². The van der Waals surface area contributed by atoms with Crippen molar-refractivity contribution in [3.8, 4) is 0 Å². The first-order valence-corrected chi connectivity index (χ1v) is 5.94. The van der Waals surface area contributed by atoms with E-state index >= 15 is 0 Å². The Morgan fingerprint density at radius 1 is 1.44 bits per heavy atom. The summed E-state index contributed by atoms with van der Waals surface area (Å²) in [6, 6.07) is 8.02. The summed E-state index contributed by atoms with van der Waals surface area (Å²) in [5.74, 6) is 1.84. The van der Waals surface area contributed by atoms with Crippen molar-refractivity contribution in [3.63, 3.8) is 0 Å². The Bertz CT molecular complexity index is 442. The van der Waals surface area contributed by atoms with Gasteiger partial charge >= 0.3 is 0 Å². The van der Waals surface area contributed by atoms with E-state index in [-0.39, 0.29) is 6.04 Å². The highest BCUT2D eigenvalue weighted by Gasteiger charge is 2.07. The average molecular weight is 281 g/mol. The minimum absolute atomic E-state index is 0.275. The maximum atomic E-state index is 5.30. The number of halogens is 1. The van der Waals surface area contributed by atoms with Crippen molar-refractivity contribution in [2.75, 3.05) is 5.32 Å². The Morgan fingerprint density at radius 3 is 3.00 bits per heavy atom. The van der Waals surface area contributed by atoms with Gasteiger partial charge in [-0.25, -0.2) is 4.98 Å². The second-order valence-electron chi connectivity index (χ2n) is 3.66. The topological polar surface area (TPSA) is 38.1 Å². The molecule has 0 saturated heterocycles. The zero-order chi connectivity index (χ0) is 11.4. The van der Waals surface area contributed by atoms with Gasteiger partial charge in [0.2, 0.25) is 0 Å². The smallest absolute Gasteiger partial charge is 0.140 e.